The van der Waals surface area contributed by atoms with E-state index in [0.717, 1.165) is 31.4 Å². The second-order valence-electron chi connectivity index (χ2n) is 10.5. The predicted octanol–water partition coefficient (Wildman–Crippen LogP) is 4.11. The lowest BCUT2D eigenvalue weighted by Gasteiger charge is -2.39. The summed E-state index contributed by atoms with van der Waals surface area (Å²) in [4.78, 5) is 54.0. The van der Waals surface area contributed by atoms with Crippen molar-refractivity contribution < 1.29 is 23.9 Å². The first kappa shape index (κ1) is 24.2. The third-order valence-corrected chi connectivity index (χ3v) is 8.29. The molecular formula is C29H32N2O5. The van der Waals surface area contributed by atoms with Crippen LogP contribution in [0.4, 0.5) is 0 Å². The fourth-order valence-electron chi connectivity index (χ4n) is 6.00. The number of methoxy groups -OCH3 is 1. The van der Waals surface area contributed by atoms with Gasteiger partial charge in [-0.05, 0) is 67.5 Å². The number of carbonyl (C=O) groups is 4. The van der Waals surface area contributed by atoms with Crippen LogP contribution in [0.5, 0.6) is 5.75 Å². The zero-order chi connectivity index (χ0) is 25.4. The number of hydrogen-bond donors (Lipinski definition) is 0. The van der Waals surface area contributed by atoms with Gasteiger partial charge in [0.05, 0.1) is 7.11 Å². The zero-order valence-electron chi connectivity index (χ0n) is 20.9. The first-order valence-corrected chi connectivity index (χ1v) is 12.7. The number of fused-ring (bicyclic) bond motifs is 1. The molecule has 2 fully saturated rings. The topological polar surface area (TPSA) is 84.0 Å². The molecule has 0 radical (unpaired) electrons. The number of likely N-dealkylation sites (tertiary alicyclic amines) is 2. The van der Waals surface area contributed by atoms with Gasteiger partial charge in [0.15, 0.2) is 11.6 Å². The molecule has 2 heterocycles. The van der Waals surface area contributed by atoms with E-state index < -0.39 is 0 Å². The molecule has 2 aliphatic heterocycles. The van der Waals surface area contributed by atoms with Crippen LogP contribution in [0, 0.1) is 5.41 Å². The number of benzene rings is 2. The van der Waals surface area contributed by atoms with E-state index >= 15 is 0 Å². The smallest absolute Gasteiger partial charge is 0.253 e. The molecule has 0 saturated carbocycles. The van der Waals surface area contributed by atoms with E-state index in [1.807, 2.05) is 15.9 Å². The monoisotopic (exact) mass is 488 g/mol. The maximum Gasteiger partial charge on any atom is 0.253 e. The minimum atomic E-state index is -0.0968. The maximum atomic E-state index is 13.2. The molecule has 1 unspecified atom stereocenters. The van der Waals surface area contributed by atoms with E-state index in [-0.39, 0.29) is 34.7 Å². The molecule has 188 valence electrons. The fourth-order valence-corrected chi connectivity index (χ4v) is 6.00. The molecule has 5 rings (SSSR count). The number of piperidine rings is 1. The summed E-state index contributed by atoms with van der Waals surface area (Å²) in [5.41, 5.74) is 2.88. The van der Waals surface area contributed by atoms with E-state index in [9.17, 15) is 19.2 Å². The quantitative estimate of drug-likeness (QED) is 0.592. The average molecular weight is 489 g/mol. The van der Waals surface area contributed by atoms with Crippen molar-refractivity contribution in [2.75, 3.05) is 33.3 Å². The van der Waals surface area contributed by atoms with Crippen LogP contribution < -0.4 is 4.74 Å². The van der Waals surface area contributed by atoms with Crippen LogP contribution >= 0.6 is 0 Å². The molecule has 2 saturated heterocycles. The summed E-state index contributed by atoms with van der Waals surface area (Å²) >= 11 is 0. The minimum Gasteiger partial charge on any atom is -0.497 e. The summed E-state index contributed by atoms with van der Waals surface area (Å²) in [7, 11) is 1.60. The van der Waals surface area contributed by atoms with E-state index in [1.54, 1.807) is 43.5 Å². The first-order valence-electron chi connectivity index (χ1n) is 12.7. The van der Waals surface area contributed by atoms with Crippen molar-refractivity contribution in [3.05, 3.63) is 64.7 Å². The minimum absolute atomic E-state index is 0.00845. The molecule has 2 aromatic carbocycles. The van der Waals surface area contributed by atoms with Crippen LogP contribution in [0.1, 0.15) is 81.6 Å². The second kappa shape index (κ2) is 9.52. The van der Waals surface area contributed by atoms with Gasteiger partial charge in [0.1, 0.15) is 5.75 Å². The van der Waals surface area contributed by atoms with Gasteiger partial charge in [-0.1, -0.05) is 12.1 Å². The van der Waals surface area contributed by atoms with Gasteiger partial charge in [-0.2, -0.15) is 0 Å². The molecule has 36 heavy (non-hydrogen) atoms. The van der Waals surface area contributed by atoms with Gasteiger partial charge in [0, 0.05) is 61.6 Å². The first-order chi connectivity index (χ1) is 17.3. The molecule has 0 N–H and O–H groups in total. The van der Waals surface area contributed by atoms with E-state index in [1.165, 1.54) is 6.92 Å². The Bertz CT molecular complexity index is 1210. The van der Waals surface area contributed by atoms with Gasteiger partial charge in [0.2, 0.25) is 5.91 Å². The summed E-state index contributed by atoms with van der Waals surface area (Å²) in [6.07, 6.45) is 3.40. The van der Waals surface area contributed by atoms with Crippen molar-refractivity contribution in [2.24, 2.45) is 5.41 Å². The molecule has 1 aliphatic carbocycles. The fraction of sp³-hybridized carbons (Fsp3) is 0.448. The van der Waals surface area contributed by atoms with E-state index in [0.29, 0.717) is 54.9 Å². The number of ketones is 2. The van der Waals surface area contributed by atoms with Crippen LogP contribution in [0.2, 0.25) is 0 Å². The highest BCUT2D eigenvalue weighted by Crippen LogP contribution is 2.42. The lowest BCUT2D eigenvalue weighted by Crippen LogP contribution is -2.44. The second-order valence-corrected chi connectivity index (χ2v) is 10.5. The lowest BCUT2D eigenvalue weighted by atomic mass is 9.77. The Morgan fingerprint density at radius 1 is 0.944 bits per heavy atom. The van der Waals surface area contributed by atoms with Gasteiger partial charge < -0.3 is 14.5 Å². The molecule has 1 atom stereocenters. The largest absolute Gasteiger partial charge is 0.497 e. The third kappa shape index (κ3) is 4.54. The number of ether oxygens (including phenoxy) is 1. The zero-order valence-corrected chi connectivity index (χ0v) is 20.9. The van der Waals surface area contributed by atoms with Crippen molar-refractivity contribution in [2.45, 2.75) is 44.9 Å². The summed E-state index contributed by atoms with van der Waals surface area (Å²) in [5, 5.41) is 0. The molecule has 0 bridgehead atoms. The number of nitrogens with zero attached hydrogens (tertiary/aromatic N) is 2. The van der Waals surface area contributed by atoms with Crippen molar-refractivity contribution in [3.8, 4) is 5.75 Å². The van der Waals surface area contributed by atoms with E-state index in [2.05, 4.69) is 0 Å². The Labute approximate surface area is 211 Å². The van der Waals surface area contributed by atoms with Crippen LogP contribution in [0.15, 0.2) is 42.5 Å². The number of carbonyl (C=O) groups excluding carboxylic acids is 4. The number of amides is 2. The number of hydrogen-bond acceptors (Lipinski definition) is 5. The van der Waals surface area contributed by atoms with E-state index in [4.69, 9.17) is 4.74 Å². The Balaban J connectivity index is 1.17. The number of Topliss-reactive ketones (excluding diaryl/α,β-unsaturated/α-hetero) is 2. The van der Waals surface area contributed by atoms with Crippen molar-refractivity contribution in [1.82, 2.24) is 9.80 Å². The van der Waals surface area contributed by atoms with Crippen LogP contribution in [0.25, 0.3) is 0 Å². The summed E-state index contributed by atoms with van der Waals surface area (Å²) in [6, 6.07) is 12.3. The standard InChI is InChI=1S/C29H32N2O5/c1-19(32)20-3-5-21(6-4-20)28(35)30-12-9-29(10-13-30)11-14-31(18-29)27(34)16-22-15-26(33)24-8-7-23(36-2)17-25(22)24/h3-8,17,22H,9-16,18H2,1-2H3. The molecule has 2 aromatic rings. The summed E-state index contributed by atoms with van der Waals surface area (Å²) in [6.45, 7) is 4.29. The average Bonchev–Trinajstić information content (AvgIpc) is 3.44. The van der Waals surface area contributed by atoms with Crippen molar-refractivity contribution >= 4 is 23.4 Å². The van der Waals surface area contributed by atoms with Crippen LogP contribution in [-0.4, -0.2) is 66.5 Å². The highest BCUT2D eigenvalue weighted by molar-refractivity contribution is 6.02. The number of rotatable bonds is 5. The van der Waals surface area contributed by atoms with Gasteiger partial charge in [-0.15, -0.1) is 0 Å². The highest BCUT2D eigenvalue weighted by atomic mass is 16.5. The van der Waals surface area contributed by atoms with Gasteiger partial charge >= 0.3 is 0 Å². The Morgan fingerprint density at radius 3 is 2.22 bits per heavy atom. The van der Waals surface area contributed by atoms with Gasteiger partial charge in [-0.25, -0.2) is 0 Å². The molecule has 2 amide bonds. The van der Waals surface area contributed by atoms with Gasteiger partial charge in [0.25, 0.3) is 5.91 Å². The normalized spacial score (nSPS) is 20.5. The lowest BCUT2D eigenvalue weighted by molar-refractivity contribution is -0.131. The predicted molar refractivity (Wildman–Crippen MR) is 135 cm³/mol. The Morgan fingerprint density at radius 2 is 1.58 bits per heavy atom. The molecule has 3 aliphatic rings. The molecular weight excluding hydrogens is 456 g/mol. The van der Waals surface area contributed by atoms with Crippen LogP contribution in [-0.2, 0) is 4.79 Å². The maximum absolute atomic E-state index is 13.2. The summed E-state index contributed by atoms with van der Waals surface area (Å²) < 4.78 is 5.32. The Hall–Kier alpha value is -3.48. The SMILES string of the molecule is COc1ccc2c(c1)C(CC(=O)N1CCC3(CCN(C(=O)c4ccc(C(C)=O)cc4)CC3)C1)CC2=O. The highest BCUT2D eigenvalue weighted by Gasteiger charge is 2.43. The van der Waals surface area contributed by atoms with Crippen molar-refractivity contribution in [3.63, 3.8) is 0 Å². The van der Waals surface area contributed by atoms with Gasteiger partial charge in [-0.3, -0.25) is 19.2 Å². The van der Waals surface area contributed by atoms with Crippen LogP contribution in [0.3, 0.4) is 0 Å². The Kier molecular flexibility index (Phi) is 6.41. The summed E-state index contributed by atoms with van der Waals surface area (Å²) in [5.74, 6) is 0.780. The molecule has 1 spiro atoms. The molecule has 7 nitrogen and oxygen atoms in total. The molecule has 7 heteroatoms. The van der Waals surface area contributed by atoms with Crippen molar-refractivity contribution in [1.29, 1.82) is 0 Å². The molecule has 0 aromatic heterocycles. The third-order valence-electron chi connectivity index (χ3n) is 8.29.